The average molecular weight is 620 g/mol. The third-order valence-corrected chi connectivity index (χ3v) is 6.95. The fraction of sp³-hybridized carbons (Fsp3) is 0.0909. The van der Waals surface area contributed by atoms with Gasteiger partial charge in [-0.2, -0.15) is 36.9 Å². The molecule has 0 spiro atoms. The van der Waals surface area contributed by atoms with Gasteiger partial charge in [-0.15, -0.1) is 5.11 Å². The summed E-state index contributed by atoms with van der Waals surface area (Å²) in [7, 11) is -8.78. The van der Waals surface area contributed by atoms with E-state index >= 15 is 0 Å². The van der Waals surface area contributed by atoms with Crippen molar-refractivity contribution in [1.82, 2.24) is 15.0 Å². The third kappa shape index (κ3) is 7.30. The fourth-order valence-electron chi connectivity index (χ4n) is 3.46. The van der Waals surface area contributed by atoms with E-state index in [1.165, 1.54) is 30.3 Å². The Balaban J connectivity index is 1.61. The molecule has 0 saturated carbocycles. The zero-order valence-corrected chi connectivity index (χ0v) is 22.8. The van der Waals surface area contributed by atoms with Gasteiger partial charge in [0.15, 0.2) is 0 Å². The summed E-state index contributed by atoms with van der Waals surface area (Å²) in [6, 6.07) is 9.22. The predicted molar refractivity (Wildman–Crippen MR) is 150 cm³/mol. The van der Waals surface area contributed by atoms with Crippen molar-refractivity contribution in [2.45, 2.75) is 4.90 Å². The Bertz CT molecular complexity index is 1960. The first kappa shape index (κ1) is 29.3. The lowest BCUT2D eigenvalue weighted by atomic mass is 10.1. The second-order valence-corrected chi connectivity index (χ2v) is 11.5. The molecule has 16 nitrogen and oxygen atoms in total. The lowest BCUT2D eigenvalue weighted by molar-refractivity contribution is 0.471. The van der Waals surface area contributed by atoms with E-state index in [9.17, 15) is 26.5 Å². The van der Waals surface area contributed by atoms with Gasteiger partial charge in [0.05, 0.1) is 34.0 Å². The number of phenols is 1. The molecule has 0 bridgehead atoms. The van der Waals surface area contributed by atoms with E-state index in [1.54, 1.807) is 0 Å². The number of nitrogens with zero attached hydrogens (tertiary/aromatic N) is 6. The van der Waals surface area contributed by atoms with Gasteiger partial charge in [0.1, 0.15) is 11.4 Å². The minimum absolute atomic E-state index is 0.00822. The van der Waals surface area contributed by atoms with Gasteiger partial charge in [0.2, 0.25) is 22.9 Å². The smallest absolute Gasteiger partial charge is 0.294 e. The van der Waals surface area contributed by atoms with Crippen molar-refractivity contribution < 1.29 is 31.0 Å². The highest BCUT2D eigenvalue weighted by atomic mass is 35.5. The molecule has 0 unspecified atom stereocenters. The first-order valence-corrected chi connectivity index (χ1v) is 14.5. The molecule has 0 aliphatic carbocycles. The number of benzene rings is 3. The Labute approximate surface area is 237 Å². The van der Waals surface area contributed by atoms with Gasteiger partial charge in [-0.05, 0) is 47.3 Å². The maximum absolute atomic E-state index is 11.5. The molecule has 0 radical (unpaired) electrons. The number of fused-ring (bicyclic) bond motifs is 1. The van der Waals surface area contributed by atoms with Gasteiger partial charge in [-0.3, -0.25) is 9.11 Å². The number of nitrogens with two attached hydrogens (primary N) is 1. The van der Waals surface area contributed by atoms with Crippen molar-refractivity contribution in [3.63, 3.8) is 0 Å². The van der Waals surface area contributed by atoms with Crippen LogP contribution in [0.2, 0.25) is 5.28 Å². The standard InChI is InChI=1S/C22H18ClN9O7S2/c1-25-16-9-12(27-22-29-20(23)28-21(30-22)26-6-7-40(34,35)36)3-5-15(16)31-32-19-14(24)4-2-11-8-13(41(37,38)39)10-17(33)18(11)19/h2-5,8-10,33H,6-7,24H2,(H,34,35,36)(H,37,38,39)(H2,26,27,28,29,30). The van der Waals surface area contributed by atoms with E-state index < -0.39 is 36.6 Å². The molecule has 19 heteroatoms. The highest BCUT2D eigenvalue weighted by Gasteiger charge is 2.17. The lowest BCUT2D eigenvalue weighted by Gasteiger charge is -2.10. The van der Waals surface area contributed by atoms with Crippen LogP contribution in [0.3, 0.4) is 0 Å². The number of halogens is 1. The summed E-state index contributed by atoms with van der Waals surface area (Å²) in [6.07, 6.45) is 0. The average Bonchev–Trinajstić information content (AvgIpc) is 2.87. The molecule has 1 aromatic heterocycles. The number of anilines is 4. The van der Waals surface area contributed by atoms with Crippen LogP contribution in [0.5, 0.6) is 5.75 Å². The summed E-state index contributed by atoms with van der Waals surface area (Å²) < 4.78 is 63.0. The SMILES string of the molecule is [C-]#[N+]c1cc(Nc2nc(Cl)nc(NCCS(=O)(=O)O)n2)ccc1N=Nc1c(N)ccc2cc(S(=O)(=O)O)cc(O)c12. The number of nitrogens with one attached hydrogen (secondary N) is 2. The van der Waals surface area contributed by atoms with Crippen LogP contribution in [0.1, 0.15) is 0 Å². The van der Waals surface area contributed by atoms with Crippen molar-refractivity contribution in [1.29, 1.82) is 0 Å². The van der Waals surface area contributed by atoms with Crippen molar-refractivity contribution >= 4 is 82.9 Å². The number of nitrogen functional groups attached to an aromatic ring is 1. The molecular formula is C22H18ClN9O7S2. The highest BCUT2D eigenvalue weighted by Crippen LogP contribution is 2.41. The molecule has 0 aliphatic heterocycles. The van der Waals surface area contributed by atoms with Crippen molar-refractivity contribution in [3.8, 4) is 5.75 Å². The molecule has 0 aliphatic rings. The molecule has 0 saturated heterocycles. The highest BCUT2D eigenvalue weighted by molar-refractivity contribution is 7.86. The van der Waals surface area contributed by atoms with Crippen LogP contribution in [-0.4, -0.2) is 58.3 Å². The van der Waals surface area contributed by atoms with Gasteiger partial charge in [-0.25, -0.2) is 4.85 Å². The Kier molecular flexibility index (Phi) is 8.18. The van der Waals surface area contributed by atoms with Crippen molar-refractivity contribution in [2.24, 2.45) is 10.2 Å². The van der Waals surface area contributed by atoms with Gasteiger partial charge >= 0.3 is 0 Å². The molecule has 3 aromatic carbocycles. The third-order valence-electron chi connectivity index (χ3n) is 5.23. The van der Waals surface area contributed by atoms with Crippen LogP contribution < -0.4 is 16.4 Å². The Morgan fingerprint density at radius 2 is 1.73 bits per heavy atom. The number of azo groups is 1. The largest absolute Gasteiger partial charge is 0.507 e. The normalized spacial score (nSPS) is 12.0. The van der Waals surface area contributed by atoms with Gasteiger partial charge < -0.3 is 21.5 Å². The molecule has 4 rings (SSSR count). The number of phenolic OH excluding ortho intramolecular Hbond substituents is 1. The minimum Gasteiger partial charge on any atom is -0.507 e. The topological polar surface area (TPSA) is 247 Å². The monoisotopic (exact) mass is 619 g/mol. The van der Waals surface area contributed by atoms with Crippen LogP contribution in [-0.2, 0) is 20.2 Å². The van der Waals surface area contributed by atoms with Crippen LogP contribution in [0.15, 0.2) is 57.6 Å². The molecule has 0 fully saturated rings. The zero-order valence-electron chi connectivity index (χ0n) is 20.4. The molecule has 7 N–H and O–H groups in total. The number of hydrogen-bond donors (Lipinski definition) is 6. The number of hydrogen-bond acceptors (Lipinski definition) is 13. The van der Waals surface area contributed by atoms with E-state index in [0.717, 1.165) is 12.1 Å². The Morgan fingerprint density at radius 3 is 2.41 bits per heavy atom. The fourth-order valence-corrected chi connectivity index (χ4v) is 4.51. The summed E-state index contributed by atoms with van der Waals surface area (Å²) in [4.78, 5) is 14.7. The van der Waals surface area contributed by atoms with E-state index in [2.05, 4.69) is 40.7 Å². The second-order valence-electron chi connectivity index (χ2n) is 8.12. The first-order chi connectivity index (χ1) is 19.2. The molecular weight excluding hydrogens is 602 g/mol. The zero-order chi connectivity index (χ0) is 29.9. The Morgan fingerprint density at radius 1 is 1.00 bits per heavy atom. The van der Waals surface area contributed by atoms with E-state index in [1.807, 2.05) is 0 Å². The van der Waals surface area contributed by atoms with Crippen LogP contribution in [0.4, 0.5) is 40.3 Å². The summed E-state index contributed by atoms with van der Waals surface area (Å²) in [5, 5.41) is 24.1. The summed E-state index contributed by atoms with van der Waals surface area (Å²) >= 11 is 5.91. The summed E-state index contributed by atoms with van der Waals surface area (Å²) in [5.74, 6) is -1.19. The van der Waals surface area contributed by atoms with Crippen LogP contribution >= 0.6 is 11.6 Å². The first-order valence-electron chi connectivity index (χ1n) is 11.1. The quantitative estimate of drug-likeness (QED) is 0.0665. The molecule has 41 heavy (non-hydrogen) atoms. The number of rotatable bonds is 9. The van der Waals surface area contributed by atoms with Crippen molar-refractivity contribution in [3.05, 3.63) is 59.2 Å². The van der Waals surface area contributed by atoms with Gasteiger partial charge in [0.25, 0.3) is 20.2 Å². The summed E-state index contributed by atoms with van der Waals surface area (Å²) in [5.41, 5.74) is 6.65. The van der Waals surface area contributed by atoms with Crippen LogP contribution in [0, 0.1) is 6.57 Å². The molecule has 0 atom stereocenters. The molecule has 0 amide bonds. The predicted octanol–water partition coefficient (Wildman–Crippen LogP) is 4.22. The molecule has 212 valence electrons. The minimum atomic E-state index is -4.58. The van der Waals surface area contributed by atoms with E-state index in [4.69, 9.17) is 28.5 Å². The number of aromatic nitrogens is 3. The molecule has 4 aromatic rings. The summed E-state index contributed by atoms with van der Waals surface area (Å²) in [6.45, 7) is 7.34. The van der Waals surface area contributed by atoms with Crippen LogP contribution in [0.25, 0.3) is 15.6 Å². The maximum Gasteiger partial charge on any atom is 0.294 e. The maximum atomic E-state index is 11.5. The van der Waals surface area contributed by atoms with E-state index in [0.29, 0.717) is 5.69 Å². The van der Waals surface area contributed by atoms with E-state index in [-0.39, 0.29) is 57.2 Å². The van der Waals surface area contributed by atoms with Gasteiger partial charge in [0, 0.05) is 18.3 Å². The Hall–Kier alpha value is -4.67. The second kappa shape index (κ2) is 11.4. The lowest BCUT2D eigenvalue weighted by Crippen LogP contribution is -2.16. The number of aromatic hydroxyl groups is 1. The van der Waals surface area contributed by atoms with Crippen molar-refractivity contribution in [2.75, 3.05) is 28.7 Å². The van der Waals surface area contributed by atoms with Gasteiger partial charge in [-0.1, -0.05) is 6.07 Å². The molecule has 1 heterocycles.